The Kier molecular flexibility index (Phi) is 6.89. The largest absolute Gasteiger partial charge is 0.439 e. The highest BCUT2D eigenvalue weighted by Crippen LogP contribution is 2.50. The fraction of sp³-hybridized carbons (Fsp3) is 0.102. The second-order valence-corrected chi connectivity index (χ2v) is 14.8. The van der Waals surface area contributed by atoms with Crippen LogP contribution in [0.2, 0.25) is 0 Å². The van der Waals surface area contributed by atoms with E-state index in [1.165, 1.54) is 27.4 Å². The SMILES string of the molecule is C=Cc1nc(/C(C)=C/c2c(C)n(-c3ccccc3)c3ccccc23)nc(-c2ccc3c(c2)C(C)(C)c2cccc4c5c6ccccc6oc5n-3c24)c1C=C. The van der Waals surface area contributed by atoms with Crippen LogP contribution in [0, 0.1) is 6.92 Å². The second-order valence-electron chi connectivity index (χ2n) is 14.8. The molecular weight excluding hydrogens is 661 g/mol. The van der Waals surface area contributed by atoms with Gasteiger partial charge in [0.05, 0.1) is 33.5 Å². The zero-order valence-corrected chi connectivity index (χ0v) is 30.8. The van der Waals surface area contributed by atoms with Crippen molar-refractivity contribution in [1.82, 2.24) is 19.1 Å². The van der Waals surface area contributed by atoms with Crippen molar-refractivity contribution in [2.24, 2.45) is 0 Å². The summed E-state index contributed by atoms with van der Waals surface area (Å²) in [6.07, 6.45) is 5.87. The van der Waals surface area contributed by atoms with E-state index in [9.17, 15) is 0 Å². The Morgan fingerprint density at radius 3 is 2.26 bits per heavy atom. The summed E-state index contributed by atoms with van der Waals surface area (Å²) in [4.78, 5) is 10.4. The summed E-state index contributed by atoms with van der Waals surface area (Å²) < 4.78 is 11.3. The summed E-state index contributed by atoms with van der Waals surface area (Å²) in [5.74, 6) is 0.653. The Morgan fingerprint density at radius 2 is 1.46 bits per heavy atom. The average Bonchev–Trinajstić information content (AvgIpc) is 3.83. The van der Waals surface area contributed by atoms with Crippen molar-refractivity contribution in [3.05, 3.63) is 168 Å². The minimum Gasteiger partial charge on any atom is -0.439 e. The van der Waals surface area contributed by atoms with Crippen molar-refractivity contribution in [2.45, 2.75) is 33.1 Å². The van der Waals surface area contributed by atoms with E-state index in [4.69, 9.17) is 14.4 Å². The number of fused-ring (bicyclic) bond motifs is 8. The molecule has 0 atom stereocenters. The van der Waals surface area contributed by atoms with E-state index in [1.807, 2.05) is 12.1 Å². The van der Waals surface area contributed by atoms with Crippen LogP contribution in [0.3, 0.4) is 0 Å². The molecule has 5 nitrogen and oxygen atoms in total. The highest BCUT2D eigenvalue weighted by atomic mass is 16.3. The van der Waals surface area contributed by atoms with E-state index in [0.717, 1.165) is 78.3 Å². The maximum absolute atomic E-state index is 6.62. The number of nitrogens with zero attached hydrogens (tertiary/aromatic N) is 4. The van der Waals surface area contributed by atoms with Gasteiger partial charge < -0.3 is 8.98 Å². The van der Waals surface area contributed by atoms with Crippen LogP contribution in [0.15, 0.2) is 133 Å². The van der Waals surface area contributed by atoms with Crippen molar-refractivity contribution in [3.8, 4) is 22.6 Å². The summed E-state index contributed by atoms with van der Waals surface area (Å²) in [7, 11) is 0. The topological polar surface area (TPSA) is 48.8 Å². The van der Waals surface area contributed by atoms with Crippen LogP contribution in [0.4, 0.5) is 0 Å². The minimum atomic E-state index is -0.293. The predicted octanol–water partition coefficient (Wildman–Crippen LogP) is 12.7. The molecule has 0 unspecified atom stereocenters. The maximum Gasteiger partial charge on any atom is 0.213 e. The molecule has 5 aromatic carbocycles. The minimum absolute atomic E-state index is 0.293. The van der Waals surface area contributed by atoms with Gasteiger partial charge in [-0.15, -0.1) is 0 Å². The van der Waals surface area contributed by atoms with Crippen LogP contribution < -0.4 is 0 Å². The zero-order valence-electron chi connectivity index (χ0n) is 30.8. The summed E-state index contributed by atoms with van der Waals surface area (Å²) in [6, 6.07) is 40.7. The molecule has 0 radical (unpaired) electrons. The Bertz CT molecular complexity index is 3070. The number of benzene rings is 5. The molecule has 9 aromatic rings. The number of hydrogen-bond donors (Lipinski definition) is 0. The molecule has 1 aliphatic heterocycles. The van der Waals surface area contributed by atoms with Crippen molar-refractivity contribution >= 4 is 67.7 Å². The number of allylic oxidation sites excluding steroid dienone is 1. The molecule has 0 saturated carbocycles. The normalized spacial score (nSPS) is 13.6. The van der Waals surface area contributed by atoms with E-state index < -0.39 is 0 Å². The Morgan fingerprint density at radius 1 is 0.722 bits per heavy atom. The van der Waals surface area contributed by atoms with Gasteiger partial charge in [-0.05, 0) is 79.1 Å². The lowest BCUT2D eigenvalue weighted by Gasteiger charge is -2.34. The van der Waals surface area contributed by atoms with Crippen LogP contribution in [-0.4, -0.2) is 19.1 Å². The van der Waals surface area contributed by atoms with Crippen LogP contribution in [-0.2, 0) is 5.41 Å². The molecule has 0 bridgehead atoms. The monoisotopic (exact) mass is 698 g/mol. The van der Waals surface area contributed by atoms with E-state index >= 15 is 0 Å². The lowest BCUT2D eigenvalue weighted by molar-refractivity contribution is 0.612. The van der Waals surface area contributed by atoms with Crippen molar-refractivity contribution in [1.29, 1.82) is 0 Å². The van der Waals surface area contributed by atoms with Gasteiger partial charge in [-0.2, -0.15) is 0 Å². The van der Waals surface area contributed by atoms with Gasteiger partial charge in [0.1, 0.15) is 5.58 Å². The molecule has 0 N–H and O–H groups in total. The van der Waals surface area contributed by atoms with Gasteiger partial charge in [-0.3, -0.25) is 4.57 Å². The van der Waals surface area contributed by atoms with Gasteiger partial charge in [0, 0.05) is 49.6 Å². The molecule has 0 saturated heterocycles. The first-order valence-electron chi connectivity index (χ1n) is 18.4. The lowest BCUT2D eigenvalue weighted by atomic mass is 9.74. The summed E-state index contributed by atoms with van der Waals surface area (Å²) >= 11 is 0. The molecule has 1 aliphatic rings. The molecule has 0 aliphatic carbocycles. The maximum atomic E-state index is 6.62. The standard InChI is InChI=1S/C49H38N4O/c1-7-33-40(8-2)50-47(29(3)27-37-30(4)52(32-17-10-9-11-18-32)41-23-14-12-19-34(37)41)51-45(33)31-25-26-42-39(28-31)49(5,6)38-22-16-21-36-44-35-20-13-15-24-43(35)54-48(44)53(42)46(36)38/h7-28H,1-2H2,3-6H3/b29-27+. The molecule has 10 rings (SSSR count). The van der Waals surface area contributed by atoms with Crippen molar-refractivity contribution in [2.75, 3.05) is 0 Å². The highest BCUT2D eigenvalue weighted by Gasteiger charge is 2.37. The zero-order chi connectivity index (χ0) is 36.9. The third-order valence-electron chi connectivity index (χ3n) is 11.4. The first kappa shape index (κ1) is 32.0. The molecule has 4 aromatic heterocycles. The van der Waals surface area contributed by atoms with E-state index in [1.54, 1.807) is 6.08 Å². The van der Waals surface area contributed by atoms with E-state index in [-0.39, 0.29) is 5.41 Å². The Hall–Kier alpha value is -6.72. The average molecular weight is 699 g/mol. The van der Waals surface area contributed by atoms with Gasteiger partial charge >= 0.3 is 0 Å². The first-order valence-corrected chi connectivity index (χ1v) is 18.4. The molecule has 54 heavy (non-hydrogen) atoms. The number of aromatic nitrogens is 4. The van der Waals surface area contributed by atoms with Crippen LogP contribution >= 0.6 is 0 Å². The lowest BCUT2D eigenvalue weighted by Crippen LogP contribution is -2.26. The third kappa shape index (κ3) is 4.39. The number of para-hydroxylation sites is 4. The van der Waals surface area contributed by atoms with Crippen molar-refractivity contribution in [3.63, 3.8) is 0 Å². The number of furan rings is 1. The molecule has 0 fully saturated rings. The smallest absolute Gasteiger partial charge is 0.213 e. The molecular formula is C49H38N4O. The second kappa shape index (κ2) is 11.6. The summed E-state index contributed by atoms with van der Waals surface area (Å²) in [5.41, 5.74) is 15.2. The number of hydrogen-bond acceptors (Lipinski definition) is 3. The van der Waals surface area contributed by atoms with Gasteiger partial charge in [0.2, 0.25) is 5.71 Å². The molecule has 0 amide bonds. The fourth-order valence-corrected chi connectivity index (χ4v) is 8.80. The predicted molar refractivity (Wildman–Crippen MR) is 225 cm³/mol. The number of rotatable bonds is 6. The van der Waals surface area contributed by atoms with Gasteiger partial charge in [-0.25, -0.2) is 9.97 Å². The Balaban J connectivity index is 1.16. The van der Waals surface area contributed by atoms with Crippen molar-refractivity contribution < 1.29 is 4.42 Å². The third-order valence-corrected chi connectivity index (χ3v) is 11.4. The molecule has 5 heteroatoms. The van der Waals surface area contributed by atoms with Crippen LogP contribution in [0.25, 0.3) is 90.3 Å². The first-order chi connectivity index (χ1) is 26.3. The fourth-order valence-electron chi connectivity index (χ4n) is 8.80. The van der Waals surface area contributed by atoms with Crippen LogP contribution in [0.5, 0.6) is 0 Å². The van der Waals surface area contributed by atoms with E-state index in [0.29, 0.717) is 5.82 Å². The quantitative estimate of drug-likeness (QED) is 0.174. The van der Waals surface area contributed by atoms with Gasteiger partial charge in [0.15, 0.2) is 5.82 Å². The summed E-state index contributed by atoms with van der Waals surface area (Å²) in [6.45, 7) is 17.3. The van der Waals surface area contributed by atoms with Gasteiger partial charge in [-0.1, -0.05) is 112 Å². The summed E-state index contributed by atoms with van der Waals surface area (Å²) in [5, 5.41) is 4.69. The molecule has 260 valence electrons. The highest BCUT2D eigenvalue weighted by molar-refractivity contribution is 6.21. The molecule has 5 heterocycles. The van der Waals surface area contributed by atoms with Gasteiger partial charge in [0.25, 0.3) is 0 Å². The molecule has 0 spiro atoms. The van der Waals surface area contributed by atoms with Crippen LogP contribution in [0.1, 0.15) is 60.2 Å². The Labute approximate surface area is 313 Å². The van der Waals surface area contributed by atoms with E-state index in [2.05, 4.69) is 165 Å².